The van der Waals surface area contributed by atoms with Crippen molar-refractivity contribution in [3.05, 3.63) is 42.2 Å². The number of aliphatic imine (C=N–C) groups is 1. The van der Waals surface area contributed by atoms with Gasteiger partial charge in [-0.05, 0) is 31.4 Å². The second-order valence-electron chi connectivity index (χ2n) is 4.15. The van der Waals surface area contributed by atoms with E-state index < -0.39 is 0 Å². The number of para-hydroxylation sites is 1. The zero-order chi connectivity index (χ0) is 12.8. The quantitative estimate of drug-likeness (QED) is 0.634. The van der Waals surface area contributed by atoms with Gasteiger partial charge >= 0.3 is 0 Å². The van der Waals surface area contributed by atoms with Gasteiger partial charge in [0.25, 0.3) is 5.91 Å². The molecule has 4 heteroatoms. The lowest BCUT2D eigenvalue weighted by Crippen LogP contribution is -2.22. The van der Waals surface area contributed by atoms with E-state index in [0.717, 1.165) is 32.1 Å². The second kappa shape index (κ2) is 6.00. The zero-order valence-electron chi connectivity index (χ0n) is 10.1. The second-order valence-corrected chi connectivity index (χ2v) is 4.15. The number of benzene rings is 1. The van der Waals surface area contributed by atoms with Crippen LogP contribution in [0.15, 0.2) is 47.2 Å². The number of hydrogen-bond donors (Lipinski definition) is 2. The summed E-state index contributed by atoms with van der Waals surface area (Å²) in [4.78, 5) is 16.3. The Morgan fingerprint density at radius 1 is 1.28 bits per heavy atom. The predicted octanol–water partition coefficient (Wildman–Crippen LogP) is 2.69. The van der Waals surface area contributed by atoms with Crippen molar-refractivity contribution in [3.63, 3.8) is 0 Å². The van der Waals surface area contributed by atoms with Crippen LogP contribution in [0, 0.1) is 0 Å². The lowest BCUT2D eigenvalue weighted by atomic mass is 10.0. The molecule has 0 bridgehead atoms. The molecule has 0 atom stereocenters. The first-order chi connectivity index (χ1) is 8.81. The molecule has 0 saturated carbocycles. The summed E-state index contributed by atoms with van der Waals surface area (Å²) in [7, 11) is 0. The highest BCUT2D eigenvalue weighted by Crippen LogP contribution is 2.14. The van der Waals surface area contributed by atoms with Crippen molar-refractivity contribution in [2.45, 2.75) is 19.3 Å². The van der Waals surface area contributed by atoms with Gasteiger partial charge in [0, 0.05) is 12.2 Å². The topological polar surface area (TPSA) is 61.7 Å². The van der Waals surface area contributed by atoms with Crippen LogP contribution in [0.25, 0.3) is 0 Å². The zero-order valence-corrected chi connectivity index (χ0v) is 10.1. The number of anilines is 1. The number of carbonyl (C=O) groups excluding carboxylic acids is 1. The standard InChI is InChI=1S/C14H16N2O2/c17-10-12(13-8-4-5-9-15-13)14(18)16-11-6-2-1-3-7-11/h1-3,6-7,10,17H,4-5,8-9H2,(H,16,18). The molecule has 2 N–H and O–H groups in total. The molecule has 0 unspecified atom stereocenters. The lowest BCUT2D eigenvalue weighted by molar-refractivity contribution is -0.112. The summed E-state index contributed by atoms with van der Waals surface area (Å²) in [5, 5.41) is 12.0. The molecule has 4 nitrogen and oxygen atoms in total. The van der Waals surface area contributed by atoms with E-state index in [1.807, 2.05) is 18.2 Å². The number of aliphatic hydroxyl groups is 1. The van der Waals surface area contributed by atoms with E-state index >= 15 is 0 Å². The molecule has 0 fully saturated rings. The molecule has 1 heterocycles. The Bertz CT molecular complexity index is 478. The van der Waals surface area contributed by atoms with Crippen LogP contribution in [0.3, 0.4) is 0 Å². The molecule has 1 aromatic rings. The number of nitrogens with zero attached hydrogens (tertiary/aromatic N) is 1. The van der Waals surface area contributed by atoms with Gasteiger partial charge in [0.1, 0.15) is 0 Å². The Kier molecular flexibility index (Phi) is 4.12. The van der Waals surface area contributed by atoms with E-state index in [4.69, 9.17) is 0 Å². The van der Waals surface area contributed by atoms with Crippen LogP contribution in [0.2, 0.25) is 0 Å². The highest BCUT2D eigenvalue weighted by molar-refractivity contribution is 6.25. The van der Waals surface area contributed by atoms with Gasteiger partial charge in [0.2, 0.25) is 0 Å². The average Bonchev–Trinajstić information content (AvgIpc) is 2.42. The van der Waals surface area contributed by atoms with Crippen molar-refractivity contribution in [3.8, 4) is 0 Å². The number of carbonyl (C=O) groups is 1. The molecule has 0 aliphatic carbocycles. The lowest BCUT2D eigenvalue weighted by Gasteiger charge is -2.14. The molecule has 2 rings (SSSR count). The highest BCUT2D eigenvalue weighted by atomic mass is 16.2. The van der Waals surface area contributed by atoms with Crippen molar-refractivity contribution in [1.29, 1.82) is 0 Å². The van der Waals surface area contributed by atoms with Crippen LogP contribution in [0.5, 0.6) is 0 Å². The van der Waals surface area contributed by atoms with E-state index in [9.17, 15) is 9.90 Å². The largest absolute Gasteiger partial charge is 0.515 e. The van der Waals surface area contributed by atoms with Gasteiger partial charge in [-0.3, -0.25) is 9.79 Å². The van der Waals surface area contributed by atoms with E-state index in [1.165, 1.54) is 0 Å². The van der Waals surface area contributed by atoms with Crippen LogP contribution < -0.4 is 5.32 Å². The Labute approximate surface area is 106 Å². The molecule has 0 radical (unpaired) electrons. The van der Waals surface area contributed by atoms with Crippen molar-refractivity contribution in [2.75, 3.05) is 11.9 Å². The van der Waals surface area contributed by atoms with Crippen LogP contribution in [-0.4, -0.2) is 23.3 Å². The number of aliphatic hydroxyl groups excluding tert-OH is 1. The molecule has 1 aliphatic rings. The average molecular weight is 244 g/mol. The maximum absolute atomic E-state index is 12.0. The summed E-state index contributed by atoms with van der Waals surface area (Å²) >= 11 is 0. The normalized spacial score (nSPS) is 16.0. The number of hydrogen-bond acceptors (Lipinski definition) is 3. The van der Waals surface area contributed by atoms with Crippen LogP contribution >= 0.6 is 0 Å². The molecule has 94 valence electrons. The number of nitrogens with one attached hydrogen (secondary N) is 1. The van der Waals surface area contributed by atoms with Gasteiger partial charge in [-0.25, -0.2) is 0 Å². The first kappa shape index (κ1) is 12.4. The Morgan fingerprint density at radius 2 is 2.06 bits per heavy atom. The van der Waals surface area contributed by atoms with E-state index in [0.29, 0.717) is 11.4 Å². The van der Waals surface area contributed by atoms with Gasteiger partial charge in [-0.1, -0.05) is 18.2 Å². The van der Waals surface area contributed by atoms with Crippen molar-refractivity contribution >= 4 is 17.3 Å². The molecule has 0 spiro atoms. The maximum Gasteiger partial charge on any atom is 0.260 e. The van der Waals surface area contributed by atoms with Crippen molar-refractivity contribution in [2.24, 2.45) is 4.99 Å². The summed E-state index contributed by atoms with van der Waals surface area (Å²) in [6, 6.07) is 9.17. The first-order valence-electron chi connectivity index (χ1n) is 6.06. The third-order valence-corrected chi connectivity index (χ3v) is 2.84. The van der Waals surface area contributed by atoms with Crippen LogP contribution in [-0.2, 0) is 4.79 Å². The predicted molar refractivity (Wildman–Crippen MR) is 71.9 cm³/mol. The Hall–Kier alpha value is -2.10. The molecule has 1 amide bonds. The minimum atomic E-state index is -0.315. The molecule has 1 aliphatic heterocycles. The molecule has 18 heavy (non-hydrogen) atoms. The summed E-state index contributed by atoms with van der Waals surface area (Å²) in [6.07, 6.45) is 3.65. The number of rotatable bonds is 3. The summed E-state index contributed by atoms with van der Waals surface area (Å²) in [5.74, 6) is -0.315. The Morgan fingerprint density at radius 3 is 2.67 bits per heavy atom. The monoisotopic (exact) mass is 244 g/mol. The fraction of sp³-hybridized carbons (Fsp3) is 0.286. The molecule has 1 aromatic carbocycles. The fourth-order valence-electron chi connectivity index (χ4n) is 1.90. The van der Waals surface area contributed by atoms with Crippen molar-refractivity contribution in [1.82, 2.24) is 0 Å². The highest BCUT2D eigenvalue weighted by Gasteiger charge is 2.18. The van der Waals surface area contributed by atoms with Gasteiger partial charge < -0.3 is 10.4 Å². The van der Waals surface area contributed by atoms with Gasteiger partial charge in [0.05, 0.1) is 17.5 Å². The molecule has 0 aromatic heterocycles. The third kappa shape index (κ3) is 2.97. The third-order valence-electron chi connectivity index (χ3n) is 2.84. The Balaban J connectivity index is 2.09. The van der Waals surface area contributed by atoms with E-state index in [2.05, 4.69) is 10.3 Å². The fourth-order valence-corrected chi connectivity index (χ4v) is 1.90. The van der Waals surface area contributed by atoms with Gasteiger partial charge in [-0.2, -0.15) is 0 Å². The van der Waals surface area contributed by atoms with E-state index in [-0.39, 0.29) is 11.5 Å². The SMILES string of the molecule is O=C(Nc1ccccc1)C(=CO)C1=NCCCC1. The van der Waals surface area contributed by atoms with Crippen LogP contribution in [0.4, 0.5) is 5.69 Å². The van der Waals surface area contributed by atoms with Crippen LogP contribution in [0.1, 0.15) is 19.3 Å². The number of amides is 1. The molecular formula is C14H16N2O2. The first-order valence-corrected chi connectivity index (χ1v) is 6.06. The maximum atomic E-state index is 12.0. The summed E-state index contributed by atoms with van der Waals surface area (Å²) in [6.45, 7) is 0.727. The summed E-state index contributed by atoms with van der Waals surface area (Å²) < 4.78 is 0. The van der Waals surface area contributed by atoms with Crippen molar-refractivity contribution < 1.29 is 9.90 Å². The smallest absolute Gasteiger partial charge is 0.260 e. The minimum absolute atomic E-state index is 0.263. The van der Waals surface area contributed by atoms with E-state index in [1.54, 1.807) is 12.1 Å². The molecule has 0 saturated heterocycles. The minimum Gasteiger partial charge on any atom is -0.515 e. The van der Waals surface area contributed by atoms with Gasteiger partial charge in [-0.15, -0.1) is 0 Å². The van der Waals surface area contributed by atoms with Gasteiger partial charge in [0.15, 0.2) is 0 Å². The summed E-state index contributed by atoms with van der Waals surface area (Å²) in [5.41, 5.74) is 1.66. The molecular weight excluding hydrogens is 228 g/mol.